The van der Waals surface area contributed by atoms with E-state index in [9.17, 15) is 0 Å². The number of hydrogen-bond donors (Lipinski definition) is 2. The molecule has 0 unspecified atom stereocenters. The summed E-state index contributed by atoms with van der Waals surface area (Å²) in [6, 6.07) is 3.88. The quantitative estimate of drug-likeness (QED) is 0.820. The van der Waals surface area contributed by atoms with Crippen LogP contribution in [0.2, 0.25) is 0 Å². The van der Waals surface area contributed by atoms with Gasteiger partial charge in [-0.05, 0) is 39.5 Å². The molecule has 14 heavy (non-hydrogen) atoms. The van der Waals surface area contributed by atoms with Crippen LogP contribution in [0.15, 0.2) is 21.1 Å². The summed E-state index contributed by atoms with van der Waals surface area (Å²) in [5, 5.41) is 0. The van der Waals surface area contributed by atoms with E-state index in [0.717, 1.165) is 20.2 Å². The summed E-state index contributed by atoms with van der Waals surface area (Å²) in [4.78, 5) is 0. The Hall–Kier alpha value is -0.0600. The molecule has 1 rings (SSSR count). The van der Waals surface area contributed by atoms with Crippen LogP contribution in [-0.2, 0) is 0 Å². The van der Waals surface area contributed by atoms with Crippen LogP contribution in [0.3, 0.4) is 0 Å². The smallest absolute Gasteiger partial charge is 0.0507 e. The maximum absolute atomic E-state index is 6.05. The van der Waals surface area contributed by atoms with Crippen LogP contribution in [-0.4, -0.2) is 0 Å². The fourth-order valence-electron chi connectivity index (χ4n) is 1.24. The molecule has 78 valence electrons. The van der Waals surface area contributed by atoms with Gasteiger partial charge in [-0.3, -0.25) is 0 Å². The zero-order chi connectivity index (χ0) is 10.9. The largest absolute Gasteiger partial charge is 0.398 e. The van der Waals surface area contributed by atoms with E-state index in [2.05, 4.69) is 45.7 Å². The van der Waals surface area contributed by atoms with E-state index in [-0.39, 0.29) is 6.04 Å². The lowest BCUT2D eigenvalue weighted by atomic mass is 9.96. The third kappa shape index (κ3) is 2.49. The minimum Gasteiger partial charge on any atom is -0.398 e. The molecule has 2 nitrogen and oxygen atoms in total. The minimum absolute atomic E-state index is 0.0243. The molecule has 0 bridgehead atoms. The molecule has 0 radical (unpaired) electrons. The van der Waals surface area contributed by atoms with Crippen molar-refractivity contribution in [2.45, 2.75) is 19.9 Å². The number of benzene rings is 1. The van der Waals surface area contributed by atoms with Crippen LogP contribution < -0.4 is 11.5 Å². The number of nitrogen functional groups attached to an aromatic ring is 1. The molecule has 1 aromatic carbocycles. The molecule has 0 heterocycles. The Morgan fingerprint density at radius 2 is 1.79 bits per heavy atom. The first-order chi connectivity index (χ1) is 6.43. The van der Waals surface area contributed by atoms with Crippen molar-refractivity contribution in [1.82, 2.24) is 0 Å². The highest BCUT2D eigenvalue weighted by atomic mass is 79.9. The van der Waals surface area contributed by atoms with Gasteiger partial charge in [0.25, 0.3) is 0 Å². The molecule has 0 aliphatic carbocycles. The molecule has 0 amide bonds. The second kappa shape index (κ2) is 4.64. The van der Waals surface area contributed by atoms with E-state index in [4.69, 9.17) is 11.5 Å². The minimum atomic E-state index is -0.0243. The van der Waals surface area contributed by atoms with Crippen LogP contribution in [0.1, 0.15) is 25.5 Å². The van der Waals surface area contributed by atoms with Crippen molar-refractivity contribution < 1.29 is 0 Å². The third-order valence-corrected chi connectivity index (χ3v) is 3.32. The van der Waals surface area contributed by atoms with Gasteiger partial charge in [-0.1, -0.05) is 29.8 Å². The van der Waals surface area contributed by atoms with Crippen molar-refractivity contribution >= 4 is 37.5 Å². The summed E-state index contributed by atoms with van der Waals surface area (Å²) in [5.41, 5.74) is 13.7. The van der Waals surface area contributed by atoms with Crippen LogP contribution in [0, 0.1) is 5.92 Å². The lowest BCUT2D eigenvalue weighted by Crippen LogP contribution is -2.18. The van der Waals surface area contributed by atoms with Crippen molar-refractivity contribution in [1.29, 1.82) is 0 Å². The topological polar surface area (TPSA) is 52.0 Å². The first kappa shape index (κ1) is 12.0. The summed E-state index contributed by atoms with van der Waals surface area (Å²) >= 11 is 6.83. The van der Waals surface area contributed by atoms with E-state index in [1.165, 1.54) is 0 Å². The van der Waals surface area contributed by atoms with Gasteiger partial charge >= 0.3 is 0 Å². The molecule has 0 aliphatic heterocycles. The Balaban J connectivity index is 3.20. The predicted octanol–water partition coefficient (Wildman–Crippen LogP) is 3.45. The molecule has 4 heteroatoms. The van der Waals surface area contributed by atoms with Gasteiger partial charge in [-0.2, -0.15) is 0 Å². The predicted molar refractivity (Wildman–Crippen MR) is 68.0 cm³/mol. The lowest BCUT2D eigenvalue weighted by molar-refractivity contribution is 0.515. The number of anilines is 1. The molecular formula is C10H14Br2N2. The number of hydrogen-bond acceptors (Lipinski definition) is 2. The monoisotopic (exact) mass is 320 g/mol. The van der Waals surface area contributed by atoms with E-state index in [0.29, 0.717) is 5.92 Å². The van der Waals surface area contributed by atoms with E-state index >= 15 is 0 Å². The van der Waals surface area contributed by atoms with Crippen LogP contribution in [0.4, 0.5) is 5.69 Å². The highest BCUT2D eigenvalue weighted by molar-refractivity contribution is 9.11. The van der Waals surface area contributed by atoms with Crippen molar-refractivity contribution in [3.05, 3.63) is 26.6 Å². The second-order valence-corrected chi connectivity index (χ2v) is 5.43. The van der Waals surface area contributed by atoms with Gasteiger partial charge in [-0.25, -0.2) is 0 Å². The molecule has 0 aromatic heterocycles. The number of rotatable bonds is 2. The van der Waals surface area contributed by atoms with Gasteiger partial charge in [0.1, 0.15) is 0 Å². The SMILES string of the molecule is CC(C)[C@H](N)c1cc(Br)cc(Br)c1N. The molecule has 0 fully saturated rings. The standard InChI is InChI=1S/C10H14Br2N2/c1-5(2)9(13)7-3-6(11)4-8(12)10(7)14/h3-5,9H,13-14H2,1-2H3/t9-/m0/s1. The average molecular weight is 322 g/mol. The second-order valence-electron chi connectivity index (χ2n) is 3.66. The first-order valence-corrected chi connectivity index (χ1v) is 6.02. The van der Waals surface area contributed by atoms with Crippen molar-refractivity contribution in [3.63, 3.8) is 0 Å². The Morgan fingerprint density at radius 1 is 1.21 bits per heavy atom. The molecule has 0 saturated carbocycles. The van der Waals surface area contributed by atoms with Crippen molar-refractivity contribution in [2.24, 2.45) is 11.7 Å². The van der Waals surface area contributed by atoms with Gasteiger partial charge < -0.3 is 11.5 Å². The number of halogens is 2. The van der Waals surface area contributed by atoms with Gasteiger partial charge in [0, 0.05) is 15.0 Å². The third-order valence-electron chi connectivity index (χ3n) is 2.20. The summed E-state index contributed by atoms with van der Waals surface area (Å²) in [5.74, 6) is 0.374. The molecule has 1 aromatic rings. The Morgan fingerprint density at radius 3 is 2.29 bits per heavy atom. The van der Waals surface area contributed by atoms with Crippen LogP contribution in [0.25, 0.3) is 0 Å². The van der Waals surface area contributed by atoms with E-state index in [1.54, 1.807) is 0 Å². The first-order valence-electron chi connectivity index (χ1n) is 4.43. The fourth-order valence-corrected chi connectivity index (χ4v) is 2.50. The summed E-state index contributed by atoms with van der Waals surface area (Å²) in [6.07, 6.45) is 0. The average Bonchev–Trinajstić information content (AvgIpc) is 2.09. The number of nitrogens with two attached hydrogens (primary N) is 2. The van der Waals surface area contributed by atoms with Crippen molar-refractivity contribution in [3.8, 4) is 0 Å². The zero-order valence-corrected chi connectivity index (χ0v) is 11.4. The van der Waals surface area contributed by atoms with Gasteiger partial charge in [0.2, 0.25) is 0 Å². The van der Waals surface area contributed by atoms with Gasteiger partial charge in [0.05, 0.1) is 5.69 Å². The normalized spacial score (nSPS) is 13.3. The lowest BCUT2D eigenvalue weighted by Gasteiger charge is -2.19. The Bertz CT molecular complexity index is 337. The summed E-state index contributed by atoms with van der Waals surface area (Å²) < 4.78 is 1.88. The van der Waals surface area contributed by atoms with E-state index < -0.39 is 0 Å². The van der Waals surface area contributed by atoms with Gasteiger partial charge in [-0.15, -0.1) is 0 Å². The zero-order valence-electron chi connectivity index (χ0n) is 8.22. The molecular weight excluding hydrogens is 308 g/mol. The Kier molecular flexibility index (Phi) is 3.98. The summed E-state index contributed by atoms with van der Waals surface area (Å²) in [6.45, 7) is 4.16. The molecule has 0 spiro atoms. The molecule has 4 N–H and O–H groups in total. The van der Waals surface area contributed by atoms with Crippen molar-refractivity contribution in [2.75, 3.05) is 5.73 Å². The van der Waals surface area contributed by atoms with Gasteiger partial charge in [0.15, 0.2) is 0 Å². The maximum atomic E-state index is 6.05. The highest BCUT2D eigenvalue weighted by Crippen LogP contribution is 2.33. The van der Waals surface area contributed by atoms with E-state index in [1.807, 2.05) is 12.1 Å². The molecule has 0 saturated heterocycles. The Labute approximate surface area is 101 Å². The van der Waals surface area contributed by atoms with Crippen LogP contribution in [0.5, 0.6) is 0 Å². The summed E-state index contributed by atoms with van der Waals surface area (Å²) in [7, 11) is 0. The maximum Gasteiger partial charge on any atom is 0.0507 e. The molecule has 0 aliphatic rings. The molecule has 1 atom stereocenters. The fraction of sp³-hybridized carbons (Fsp3) is 0.400. The highest BCUT2D eigenvalue weighted by Gasteiger charge is 2.15. The van der Waals surface area contributed by atoms with Crippen LogP contribution >= 0.6 is 31.9 Å².